The summed E-state index contributed by atoms with van der Waals surface area (Å²) < 4.78 is 42.1. The molecule has 0 saturated heterocycles. The molecule has 0 aliphatic carbocycles. The molecule has 0 aromatic heterocycles. The molecule has 7 heteroatoms. The number of nitrogens with two attached hydrogens (primary N) is 1. The van der Waals surface area contributed by atoms with E-state index in [1.807, 2.05) is 0 Å². The van der Waals surface area contributed by atoms with Crippen LogP contribution in [-0.2, 0) is 6.18 Å². The van der Waals surface area contributed by atoms with Crippen LogP contribution in [0.25, 0.3) is 0 Å². The van der Waals surface area contributed by atoms with E-state index >= 15 is 0 Å². The molecule has 0 radical (unpaired) electrons. The third-order valence-electron chi connectivity index (χ3n) is 2.04. The van der Waals surface area contributed by atoms with E-state index in [1.165, 1.54) is 0 Å². The van der Waals surface area contributed by atoms with E-state index < -0.39 is 23.2 Å². The number of rotatable bonds is 3. The Morgan fingerprint density at radius 1 is 1.41 bits per heavy atom. The molecule has 0 heterocycles. The summed E-state index contributed by atoms with van der Waals surface area (Å²) in [6.45, 7) is 0. The van der Waals surface area contributed by atoms with Crippen LogP contribution in [0.1, 0.15) is 26.3 Å². The number of alkyl halides is 3. The van der Waals surface area contributed by atoms with Crippen LogP contribution < -0.4 is 10.5 Å². The first kappa shape index (κ1) is 13.0. The van der Waals surface area contributed by atoms with E-state index in [9.17, 15) is 22.8 Å². The normalized spacial score (nSPS) is 11.1. The first-order valence-corrected chi connectivity index (χ1v) is 4.35. The van der Waals surface area contributed by atoms with Crippen LogP contribution in [0.4, 0.5) is 13.2 Å². The molecule has 0 saturated carbocycles. The number of amides is 1. The van der Waals surface area contributed by atoms with Crippen LogP contribution in [0.3, 0.4) is 0 Å². The lowest BCUT2D eigenvalue weighted by molar-refractivity contribution is -0.137. The highest BCUT2D eigenvalue weighted by Crippen LogP contribution is 2.34. The van der Waals surface area contributed by atoms with Gasteiger partial charge in [0.1, 0.15) is 5.75 Å². The quantitative estimate of drug-likeness (QED) is 0.825. The molecule has 0 atom stereocenters. The Morgan fingerprint density at radius 2 is 2.00 bits per heavy atom. The highest BCUT2D eigenvalue weighted by atomic mass is 19.4. The van der Waals surface area contributed by atoms with Gasteiger partial charge in [0.2, 0.25) is 0 Å². The van der Waals surface area contributed by atoms with E-state index in [0.29, 0.717) is 12.1 Å². The SMILES string of the molecule is COc1c(C=O)cc(C(F)(F)F)cc1C(N)=O. The van der Waals surface area contributed by atoms with Gasteiger partial charge in [-0.3, -0.25) is 9.59 Å². The van der Waals surface area contributed by atoms with E-state index in [-0.39, 0.29) is 17.6 Å². The minimum atomic E-state index is -4.67. The number of methoxy groups -OCH3 is 1. The monoisotopic (exact) mass is 247 g/mol. The fourth-order valence-corrected chi connectivity index (χ4v) is 1.31. The van der Waals surface area contributed by atoms with Crippen molar-refractivity contribution < 1.29 is 27.5 Å². The van der Waals surface area contributed by atoms with Gasteiger partial charge in [0.05, 0.1) is 23.8 Å². The zero-order valence-electron chi connectivity index (χ0n) is 8.67. The number of benzene rings is 1. The van der Waals surface area contributed by atoms with Crippen molar-refractivity contribution in [1.29, 1.82) is 0 Å². The summed E-state index contributed by atoms with van der Waals surface area (Å²) >= 11 is 0. The number of ether oxygens (including phenoxy) is 1. The maximum atomic E-state index is 12.5. The van der Waals surface area contributed by atoms with E-state index in [2.05, 4.69) is 0 Å². The molecule has 0 bridgehead atoms. The Kier molecular flexibility index (Phi) is 3.40. The Hall–Kier alpha value is -2.05. The maximum Gasteiger partial charge on any atom is 0.416 e. The molecule has 17 heavy (non-hydrogen) atoms. The van der Waals surface area contributed by atoms with Gasteiger partial charge in [-0.1, -0.05) is 0 Å². The average Bonchev–Trinajstić information content (AvgIpc) is 2.25. The molecule has 0 spiro atoms. The molecule has 1 aromatic rings. The first-order valence-electron chi connectivity index (χ1n) is 4.35. The lowest BCUT2D eigenvalue weighted by Gasteiger charge is -2.13. The molecule has 1 rings (SSSR count). The third-order valence-corrected chi connectivity index (χ3v) is 2.04. The lowest BCUT2D eigenvalue weighted by Crippen LogP contribution is -2.16. The fourth-order valence-electron chi connectivity index (χ4n) is 1.31. The van der Waals surface area contributed by atoms with Crippen LogP contribution in [0.15, 0.2) is 12.1 Å². The van der Waals surface area contributed by atoms with Gasteiger partial charge in [0.25, 0.3) is 5.91 Å². The van der Waals surface area contributed by atoms with Crippen molar-refractivity contribution >= 4 is 12.2 Å². The Bertz CT molecular complexity index is 469. The van der Waals surface area contributed by atoms with Crippen molar-refractivity contribution in [2.75, 3.05) is 7.11 Å². The molecule has 1 aromatic carbocycles. The molecular formula is C10H8F3NO3. The fraction of sp³-hybridized carbons (Fsp3) is 0.200. The minimum absolute atomic E-state index is 0.167. The van der Waals surface area contributed by atoms with Crippen LogP contribution in [0.5, 0.6) is 5.75 Å². The second-order valence-corrected chi connectivity index (χ2v) is 3.13. The summed E-state index contributed by atoms with van der Waals surface area (Å²) in [5, 5.41) is 0. The van der Waals surface area contributed by atoms with Crippen LogP contribution >= 0.6 is 0 Å². The van der Waals surface area contributed by atoms with Gasteiger partial charge < -0.3 is 10.5 Å². The smallest absolute Gasteiger partial charge is 0.416 e. The largest absolute Gasteiger partial charge is 0.495 e. The topological polar surface area (TPSA) is 69.4 Å². The number of aldehydes is 1. The van der Waals surface area contributed by atoms with Crippen molar-refractivity contribution in [3.8, 4) is 5.75 Å². The molecule has 0 aliphatic heterocycles. The molecule has 2 N–H and O–H groups in total. The summed E-state index contributed by atoms with van der Waals surface area (Å²) in [7, 11) is 1.13. The molecule has 92 valence electrons. The van der Waals surface area contributed by atoms with Gasteiger partial charge in [-0.05, 0) is 12.1 Å². The van der Waals surface area contributed by atoms with E-state index in [1.54, 1.807) is 0 Å². The lowest BCUT2D eigenvalue weighted by atomic mass is 10.0. The van der Waals surface area contributed by atoms with Gasteiger partial charge in [0.15, 0.2) is 6.29 Å². The van der Waals surface area contributed by atoms with Gasteiger partial charge in [0, 0.05) is 0 Å². The second kappa shape index (κ2) is 4.44. The first-order chi connectivity index (χ1) is 7.81. The standard InChI is InChI=1S/C10H8F3NO3/c1-17-8-5(4-15)2-6(10(11,12)13)3-7(8)9(14)16/h2-4H,1H3,(H2,14,16). The predicted molar refractivity (Wildman–Crippen MR) is 51.9 cm³/mol. The molecule has 0 aliphatic rings. The predicted octanol–water partition coefficient (Wildman–Crippen LogP) is 1.63. The number of halogens is 3. The number of hydrogen-bond acceptors (Lipinski definition) is 3. The zero-order chi connectivity index (χ0) is 13.2. The number of hydrogen-bond donors (Lipinski definition) is 1. The molecule has 4 nitrogen and oxygen atoms in total. The highest BCUT2D eigenvalue weighted by molar-refractivity contribution is 5.99. The van der Waals surface area contributed by atoms with Gasteiger partial charge in [-0.25, -0.2) is 0 Å². The molecular weight excluding hydrogens is 239 g/mol. The highest BCUT2D eigenvalue weighted by Gasteiger charge is 2.33. The Morgan fingerprint density at radius 3 is 2.35 bits per heavy atom. The summed E-state index contributed by atoms with van der Waals surface area (Å²) in [5.74, 6) is -1.36. The Labute approximate surface area is 94.2 Å². The van der Waals surface area contributed by atoms with Gasteiger partial charge in [-0.2, -0.15) is 13.2 Å². The van der Waals surface area contributed by atoms with Crippen molar-refractivity contribution in [2.24, 2.45) is 5.73 Å². The number of primary amides is 1. The van der Waals surface area contributed by atoms with Crippen molar-refractivity contribution in [3.05, 3.63) is 28.8 Å². The maximum absolute atomic E-state index is 12.5. The summed E-state index contributed by atoms with van der Waals surface area (Å²) in [5.41, 5.74) is 2.93. The number of carbonyl (C=O) groups is 2. The Balaban J connectivity index is 3.57. The van der Waals surface area contributed by atoms with Crippen LogP contribution in [-0.4, -0.2) is 19.3 Å². The second-order valence-electron chi connectivity index (χ2n) is 3.13. The van der Waals surface area contributed by atoms with Crippen molar-refractivity contribution in [3.63, 3.8) is 0 Å². The summed E-state index contributed by atoms with van der Waals surface area (Å²) in [6.07, 6.45) is -4.51. The van der Waals surface area contributed by atoms with Crippen LogP contribution in [0.2, 0.25) is 0 Å². The summed E-state index contributed by atoms with van der Waals surface area (Å²) in [4.78, 5) is 21.6. The molecule has 0 unspecified atom stereocenters. The molecule has 1 amide bonds. The van der Waals surface area contributed by atoms with Gasteiger partial charge in [-0.15, -0.1) is 0 Å². The van der Waals surface area contributed by atoms with Gasteiger partial charge >= 0.3 is 6.18 Å². The average molecular weight is 247 g/mol. The van der Waals surface area contributed by atoms with Crippen molar-refractivity contribution in [1.82, 2.24) is 0 Å². The van der Waals surface area contributed by atoms with Crippen molar-refractivity contribution in [2.45, 2.75) is 6.18 Å². The summed E-state index contributed by atoms with van der Waals surface area (Å²) in [6, 6.07) is 1.15. The zero-order valence-corrected chi connectivity index (χ0v) is 8.67. The minimum Gasteiger partial charge on any atom is -0.495 e. The third kappa shape index (κ3) is 2.55. The van der Waals surface area contributed by atoms with E-state index in [4.69, 9.17) is 10.5 Å². The van der Waals surface area contributed by atoms with Crippen LogP contribution in [0, 0.1) is 0 Å². The number of carbonyl (C=O) groups excluding carboxylic acids is 2. The van der Waals surface area contributed by atoms with E-state index in [0.717, 1.165) is 7.11 Å². The molecule has 0 fully saturated rings.